The fraction of sp³-hybridized carbons (Fsp3) is 0.143. The minimum absolute atomic E-state index is 0.186. The molecule has 116 valence electrons. The lowest BCUT2D eigenvalue weighted by atomic mass is 10.0. The Hall–Kier alpha value is -2.58. The molecule has 0 spiro atoms. The summed E-state index contributed by atoms with van der Waals surface area (Å²) in [6.07, 6.45) is 0.697. The first-order valence-corrected chi connectivity index (χ1v) is 7.89. The molecule has 0 amide bonds. The molecule has 0 heterocycles. The number of nitrogens with one attached hydrogen (secondary N) is 1. The van der Waals surface area contributed by atoms with E-state index in [1.165, 1.54) is 16.7 Å². The lowest BCUT2D eigenvalue weighted by Gasteiger charge is -2.11. The monoisotopic (exact) mass is 303 g/mol. The van der Waals surface area contributed by atoms with Gasteiger partial charge >= 0.3 is 0 Å². The van der Waals surface area contributed by atoms with Crippen LogP contribution < -0.4 is 5.32 Å². The number of benzene rings is 3. The molecule has 2 heteroatoms. The maximum atomic E-state index is 8.97. The summed E-state index contributed by atoms with van der Waals surface area (Å²) in [6.45, 7) is 2.32. The van der Waals surface area contributed by atoms with Crippen molar-refractivity contribution >= 4 is 11.4 Å². The molecule has 0 saturated heterocycles. The highest BCUT2D eigenvalue weighted by Gasteiger charge is 2.02. The van der Waals surface area contributed by atoms with E-state index in [4.69, 9.17) is 5.11 Å². The summed E-state index contributed by atoms with van der Waals surface area (Å²) in [7, 11) is 0. The number of aryl methyl sites for hydroxylation is 1. The van der Waals surface area contributed by atoms with Crippen LogP contribution in [-0.2, 0) is 6.42 Å². The van der Waals surface area contributed by atoms with E-state index in [9.17, 15) is 0 Å². The van der Waals surface area contributed by atoms with Crippen LogP contribution in [0.25, 0.3) is 11.1 Å². The van der Waals surface area contributed by atoms with Crippen LogP contribution in [0.4, 0.5) is 11.4 Å². The minimum atomic E-state index is 0.186. The van der Waals surface area contributed by atoms with Gasteiger partial charge in [-0.25, -0.2) is 0 Å². The highest BCUT2D eigenvalue weighted by Crippen LogP contribution is 2.27. The van der Waals surface area contributed by atoms with E-state index in [-0.39, 0.29) is 6.61 Å². The van der Waals surface area contributed by atoms with E-state index in [0.717, 1.165) is 16.9 Å². The molecule has 0 bridgehead atoms. The van der Waals surface area contributed by atoms with Gasteiger partial charge in [-0.3, -0.25) is 0 Å². The molecule has 0 aromatic heterocycles. The molecular weight excluding hydrogens is 282 g/mol. The summed E-state index contributed by atoms with van der Waals surface area (Å²) < 4.78 is 0. The number of aliphatic hydroxyl groups is 1. The lowest BCUT2D eigenvalue weighted by Crippen LogP contribution is -1.93. The molecule has 2 N–H and O–H groups in total. The van der Waals surface area contributed by atoms with Crippen LogP contribution in [0.3, 0.4) is 0 Å². The Morgan fingerprint density at radius 1 is 0.826 bits per heavy atom. The Balaban J connectivity index is 1.81. The van der Waals surface area contributed by atoms with Gasteiger partial charge < -0.3 is 10.4 Å². The topological polar surface area (TPSA) is 32.3 Å². The predicted octanol–water partition coefficient (Wildman–Crippen LogP) is 4.94. The second kappa shape index (κ2) is 7.12. The van der Waals surface area contributed by atoms with Crippen LogP contribution in [0, 0.1) is 6.92 Å². The molecular formula is C21H21NO. The third kappa shape index (κ3) is 3.79. The summed E-state index contributed by atoms with van der Waals surface area (Å²) in [4.78, 5) is 0. The van der Waals surface area contributed by atoms with E-state index in [1.54, 1.807) is 0 Å². The van der Waals surface area contributed by atoms with Gasteiger partial charge in [-0.2, -0.15) is 0 Å². The first-order valence-electron chi connectivity index (χ1n) is 7.89. The number of hydrogen-bond acceptors (Lipinski definition) is 2. The Kier molecular flexibility index (Phi) is 4.74. The van der Waals surface area contributed by atoms with Crippen molar-refractivity contribution in [1.82, 2.24) is 0 Å². The molecule has 0 unspecified atom stereocenters. The lowest BCUT2D eigenvalue weighted by molar-refractivity contribution is 0.299. The van der Waals surface area contributed by atoms with Crippen molar-refractivity contribution < 1.29 is 5.11 Å². The largest absolute Gasteiger partial charge is 0.396 e. The van der Waals surface area contributed by atoms with E-state index in [1.807, 2.05) is 24.3 Å². The van der Waals surface area contributed by atoms with Gasteiger partial charge in [0.05, 0.1) is 0 Å². The molecule has 2 nitrogen and oxygen atoms in total. The van der Waals surface area contributed by atoms with E-state index < -0.39 is 0 Å². The maximum absolute atomic E-state index is 8.97. The third-order valence-electron chi connectivity index (χ3n) is 3.96. The zero-order chi connectivity index (χ0) is 16.1. The Morgan fingerprint density at radius 3 is 2.35 bits per heavy atom. The molecule has 0 aliphatic carbocycles. The first kappa shape index (κ1) is 15.3. The summed E-state index contributed by atoms with van der Waals surface area (Å²) in [5.41, 5.74) is 7.01. The molecule has 3 aromatic carbocycles. The zero-order valence-electron chi connectivity index (χ0n) is 13.3. The van der Waals surface area contributed by atoms with Crippen molar-refractivity contribution in [3.05, 3.63) is 83.9 Å². The standard InChI is InChI=1S/C21H21NO/c1-16-5-2-3-8-21(16)18-6-4-7-20(15-18)22-19-11-9-17(10-12-19)13-14-23/h2-12,15,22-23H,13-14H2,1H3. The number of hydrogen-bond donors (Lipinski definition) is 2. The van der Waals surface area contributed by atoms with Gasteiger partial charge in [0.15, 0.2) is 0 Å². The van der Waals surface area contributed by atoms with Gasteiger partial charge in [0.1, 0.15) is 0 Å². The molecule has 0 aliphatic rings. The zero-order valence-corrected chi connectivity index (χ0v) is 13.3. The van der Waals surface area contributed by atoms with Crippen LogP contribution in [-0.4, -0.2) is 11.7 Å². The van der Waals surface area contributed by atoms with Gasteiger partial charge in [-0.1, -0.05) is 48.5 Å². The number of anilines is 2. The maximum Gasteiger partial charge on any atom is 0.0471 e. The fourth-order valence-electron chi connectivity index (χ4n) is 2.71. The third-order valence-corrected chi connectivity index (χ3v) is 3.96. The molecule has 0 aliphatic heterocycles. The molecule has 3 aromatic rings. The first-order chi connectivity index (χ1) is 11.3. The van der Waals surface area contributed by atoms with Gasteiger partial charge in [0.25, 0.3) is 0 Å². The van der Waals surface area contributed by atoms with Crippen molar-refractivity contribution in [2.45, 2.75) is 13.3 Å². The van der Waals surface area contributed by atoms with Crippen molar-refractivity contribution in [3.63, 3.8) is 0 Å². The smallest absolute Gasteiger partial charge is 0.0471 e. The minimum Gasteiger partial charge on any atom is -0.396 e. The van der Waals surface area contributed by atoms with E-state index >= 15 is 0 Å². The highest BCUT2D eigenvalue weighted by molar-refractivity contribution is 5.72. The van der Waals surface area contributed by atoms with E-state index in [2.05, 4.69) is 60.8 Å². The SMILES string of the molecule is Cc1ccccc1-c1cccc(Nc2ccc(CCO)cc2)c1. The highest BCUT2D eigenvalue weighted by atomic mass is 16.2. The second-order valence-electron chi connectivity index (χ2n) is 5.69. The molecule has 0 saturated carbocycles. The summed E-state index contributed by atoms with van der Waals surface area (Å²) >= 11 is 0. The summed E-state index contributed by atoms with van der Waals surface area (Å²) in [5, 5.41) is 12.4. The predicted molar refractivity (Wildman–Crippen MR) is 97.1 cm³/mol. The fourth-order valence-corrected chi connectivity index (χ4v) is 2.71. The van der Waals surface area contributed by atoms with Crippen LogP contribution in [0.15, 0.2) is 72.8 Å². The second-order valence-corrected chi connectivity index (χ2v) is 5.69. The van der Waals surface area contributed by atoms with Crippen LogP contribution in [0.5, 0.6) is 0 Å². The number of aliphatic hydroxyl groups excluding tert-OH is 1. The van der Waals surface area contributed by atoms with Gasteiger partial charge in [0.2, 0.25) is 0 Å². The molecule has 0 fully saturated rings. The van der Waals surface area contributed by atoms with E-state index in [0.29, 0.717) is 6.42 Å². The van der Waals surface area contributed by atoms with Crippen molar-refractivity contribution in [2.75, 3.05) is 11.9 Å². The molecule has 0 atom stereocenters. The van der Waals surface area contributed by atoms with Gasteiger partial charge in [-0.05, 0) is 59.9 Å². The quantitative estimate of drug-likeness (QED) is 0.699. The van der Waals surface area contributed by atoms with Crippen LogP contribution in [0.2, 0.25) is 0 Å². The summed E-state index contributed by atoms with van der Waals surface area (Å²) in [5.74, 6) is 0. The average molecular weight is 303 g/mol. The molecule has 23 heavy (non-hydrogen) atoms. The Labute approximate surface area is 137 Å². The van der Waals surface area contributed by atoms with Crippen molar-refractivity contribution in [2.24, 2.45) is 0 Å². The Bertz CT molecular complexity index is 778. The molecule has 0 radical (unpaired) electrons. The Morgan fingerprint density at radius 2 is 1.61 bits per heavy atom. The summed E-state index contributed by atoms with van der Waals surface area (Å²) in [6, 6.07) is 25.1. The molecule has 3 rings (SSSR count). The van der Waals surface area contributed by atoms with Gasteiger partial charge in [-0.15, -0.1) is 0 Å². The normalized spacial score (nSPS) is 10.5. The average Bonchev–Trinajstić information content (AvgIpc) is 2.58. The van der Waals surface area contributed by atoms with Gasteiger partial charge in [0, 0.05) is 18.0 Å². The van der Waals surface area contributed by atoms with Crippen molar-refractivity contribution in [1.29, 1.82) is 0 Å². The van der Waals surface area contributed by atoms with Crippen LogP contribution >= 0.6 is 0 Å². The number of rotatable bonds is 5. The van der Waals surface area contributed by atoms with Crippen LogP contribution in [0.1, 0.15) is 11.1 Å². The van der Waals surface area contributed by atoms with Crippen molar-refractivity contribution in [3.8, 4) is 11.1 Å².